The maximum Gasteiger partial charge on any atom is 0.358 e. The van der Waals surface area contributed by atoms with Crippen LogP contribution in [0.5, 0.6) is 0 Å². The normalized spacial score (nSPS) is 12.9. The first kappa shape index (κ1) is 85.5. The summed E-state index contributed by atoms with van der Waals surface area (Å²) in [6.07, 6.45) is 6.45. The number of aliphatic hydroxyl groups is 1. The average molecular weight is 1700 g/mol. The molecule has 596 valence electrons. The lowest BCUT2D eigenvalue weighted by Gasteiger charge is -2.28. The Bertz CT molecular complexity index is 5000. The molecule has 15 rings (SSSR count). The number of nitrogens with one attached hydrogen (secondary N) is 4. The smallest absolute Gasteiger partial charge is 0.358 e. The van der Waals surface area contributed by atoms with Crippen LogP contribution in [0, 0.1) is 0 Å². The molecule has 0 aliphatic carbocycles. The van der Waals surface area contributed by atoms with Gasteiger partial charge in [0.25, 0.3) is 23.8 Å². The lowest BCUT2D eigenvalue weighted by Crippen LogP contribution is -2.37. The molecule has 12 aromatic rings. The third-order valence-corrected chi connectivity index (χ3v) is 16.9. The third kappa shape index (κ3) is 26.9. The molecule has 0 radical (unpaired) electrons. The molecule has 114 heavy (non-hydrogen) atoms. The fraction of sp³-hybridized carbons (Fsp3) is 0.257. The summed E-state index contributed by atoms with van der Waals surface area (Å²) in [6, 6.07) is 42.0. The van der Waals surface area contributed by atoms with Crippen LogP contribution in [0.4, 0.5) is 51.8 Å². The van der Waals surface area contributed by atoms with E-state index in [0.29, 0.717) is 76.5 Å². The molecular formula is C74H76Cl7N23O10. The minimum Gasteiger partial charge on any atom is -0.461 e. The first-order valence-electron chi connectivity index (χ1n) is 35.2. The van der Waals surface area contributed by atoms with Gasteiger partial charge in [-0.2, -0.15) is 60.3 Å². The van der Waals surface area contributed by atoms with Gasteiger partial charge in [-0.25, -0.2) is 33.1 Å². The second kappa shape index (κ2) is 43.9. The highest BCUT2D eigenvalue weighted by atomic mass is 35.5. The van der Waals surface area contributed by atoms with Crippen LogP contribution in [-0.4, -0.2) is 201 Å². The number of hydrogen-bond donors (Lipinski definition) is 6. The summed E-state index contributed by atoms with van der Waals surface area (Å²) in [5.41, 5.74) is 9.69. The van der Waals surface area contributed by atoms with Gasteiger partial charge in [-0.15, -0.1) is 0 Å². The Balaban J connectivity index is 0.000000153. The van der Waals surface area contributed by atoms with Gasteiger partial charge in [-0.1, -0.05) is 81.2 Å². The van der Waals surface area contributed by atoms with Crippen LogP contribution in [0.2, 0.25) is 35.5 Å². The molecule has 40 heteroatoms. The van der Waals surface area contributed by atoms with Crippen LogP contribution < -0.4 is 36.8 Å². The number of aromatic nitrogens is 16. The summed E-state index contributed by atoms with van der Waals surface area (Å²) in [5, 5.41) is 42.0. The van der Waals surface area contributed by atoms with Gasteiger partial charge in [0.1, 0.15) is 44.5 Å². The number of esters is 3. The standard InChI is InChI=1S/C20H21ClN6O3.C18H19ClN6O2.C16H13Cl2N5O2.C10H8Cl2N4O2.C6H6ClN.C4H9NO/c1-2-30-19(28)16-7-8-27(25-16)20-23-17(22-15-5-3-14(21)4-6-15)13-18(24-20)26-9-11-29-12-10-26;19-13-1-3-14(4-2-13)20-16-11-17(24-7-9-27-10-8-24)22-18(21-16)25-6-5-15(12-26)23-25;1-2-25-15(24)12-7-8-23(22-12)16-20-13(18)9-14(21-16)19-11-5-3-10(17)4-6-11;1-2-18-9(17)6-3-4-16(15-6)10-13-7(11)5-8(12)14-10;7-5-1-3-6(8)4-2-5;1-3-6-4-2-5-1/h3-8,13H,2,9-12H2,1H3,(H,22,23,24);1-6,11,26H,7-10,12H2,(H,20,21,22);3-9H,2H2,1H3,(H,19,20,21);3-5H,2H2,1H3;1-4H,8H2;5H,1-4H2. The maximum atomic E-state index is 12.0. The molecule has 0 amide bonds. The predicted octanol–water partition coefficient (Wildman–Crippen LogP) is 13.0. The van der Waals surface area contributed by atoms with E-state index in [0.717, 1.165) is 91.9 Å². The maximum absolute atomic E-state index is 12.0. The van der Waals surface area contributed by atoms with Crippen molar-refractivity contribution in [2.45, 2.75) is 27.4 Å². The zero-order valence-corrected chi connectivity index (χ0v) is 66.7. The van der Waals surface area contributed by atoms with E-state index in [-0.39, 0.29) is 70.9 Å². The van der Waals surface area contributed by atoms with E-state index >= 15 is 0 Å². The van der Waals surface area contributed by atoms with Gasteiger partial charge >= 0.3 is 17.9 Å². The van der Waals surface area contributed by atoms with E-state index in [2.05, 4.69) is 91.3 Å². The van der Waals surface area contributed by atoms with Crippen molar-refractivity contribution in [1.82, 2.24) is 84.3 Å². The monoisotopic (exact) mass is 1690 g/mol. The van der Waals surface area contributed by atoms with E-state index in [1.807, 2.05) is 60.7 Å². The lowest BCUT2D eigenvalue weighted by atomic mass is 10.3. The molecule has 0 atom stereocenters. The van der Waals surface area contributed by atoms with Crippen molar-refractivity contribution < 1.29 is 47.9 Å². The van der Waals surface area contributed by atoms with Crippen molar-refractivity contribution in [3.63, 3.8) is 0 Å². The van der Waals surface area contributed by atoms with Crippen LogP contribution in [0.15, 0.2) is 170 Å². The molecule has 0 bridgehead atoms. The van der Waals surface area contributed by atoms with E-state index < -0.39 is 17.9 Å². The number of ether oxygens (including phenoxy) is 6. The molecule has 11 heterocycles. The Morgan fingerprint density at radius 1 is 0.412 bits per heavy atom. The van der Waals surface area contributed by atoms with Gasteiger partial charge in [0.15, 0.2) is 17.1 Å². The number of nitrogens with zero attached hydrogens (tertiary/aromatic N) is 18. The van der Waals surface area contributed by atoms with Crippen molar-refractivity contribution >= 4 is 151 Å². The molecule has 7 N–H and O–H groups in total. The third-order valence-electron chi connectivity index (χ3n) is 15.3. The number of aliphatic hydroxyl groups excluding tert-OH is 1. The minimum atomic E-state index is -0.511. The van der Waals surface area contributed by atoms with Crippen LogP contribution in [0.25, 0.3) is 23.8 Å². The van der Waals surface area contributed by atoms with Gasteiger partial charge in [0.05, 0.1) is 71.8 Å². The number of nitrogens with two attached hydrogens (primary N) is 1. The Hall–Kier alpha value is -10.9. The van der Waals surface area contributed by atoms with Crippen molar-refractivity contribution in [3.05, 3.63) is 229 Å². The van der Waals surface area contributed by atoms with Crippen LogP contribution in [0.1, 0.15) is 57.9 Å². The summed E-state index contributed by atoms with van der Waals surface area (Å²) in [4.78, 5) is 74.2. The van der Waals surface area contributed by atoms with E-state index in [4.69, 9.17) is 115 Å². The number of benzene rings is 4. The zero-order chi connectivity index (χ0) is 80.7. The highest BCUT2D eigenvalue weighted by Crippen LogP contribution is 2.27. The van der Waals surface area contributed by atoms with E-state index in [1.54, 1.807) is 111 Å². The molecule has 3 saturated heterocycles. The molecule has 0 saturated carbocycles. The Morgan fingerprint density at radius 3 is 1.05 bits per heavy atom. The first-order valence-corrected chi connectivity index (χ1v) is 37.8. The lowest BCUT2D eigenvalue weighted by molar-refractivity contribution is 0.0509. The summed E-state index contributed by atoms with van der Waals surface area (Å²) in [7, 11) is 0. The van der Waals surface area contributed by atoms with Crippen molar-refractivity contribution in [2.24, 2.45) is 0 Å². The molecule has 4 aromatic carbocycles. The minimum absolute atomic E-state index is 0.133. The number of carbonyl (C=O) groups is 3. The predicted molar refractivity (Wildman–Crippen MR) is 435 cm³/mol. The molecular weight excluding hydrogens is 1620 g/mol. The van der Waals surface area contributed by atoms with Gasteiger partial charge in [0.2, 0.25) is 0 Å². The molecule has 3 aliphatic rings. The second-order valence-electron chi connectivity index (χ2n) is 23.5. The van der Waals surface area contributed by atoms with Crippen LogP contribution in [-0.2, 0) is 35.0 Å². The summed E-state index contributed by atoms with van der Waals surface area (Å²) >= 11 is 40.9. The number of morpholine rings is 3. The quantitative estimate of drug-likeness (QED) is 0.0189. The molecule has 0 spiro atoms. The van der Waals surface area contributed by atoms with Crippen molar-refractivity contribution in [1.29, 1.82) is 0 Å². The van der Waals surface area contributed by atoms with Gasteiger partial charge in [-0.3, -0.25) is 0 Å². The number of hydrogen-bond acceptors (Lipinski definition) is 29. The summed E-state index contributed by atoms with van der Waals surface area (Å²) in [5.74, 6) is 2.91. The second-order valence-corrected chi connectivity index (χ2v) is 26.4. The Morgan fingerprint density at radius 2 is 0.728 bits per heavy atom. The van der Waals surface area contributed by atoms with Crippen LogP contribution in [0.3, 0.4) is 0 Å². The molecule has 8 aromatic heterocycles. The summed E-state index contributed by atoms with van der Waals surface area (Å²) < 4.78 is 36.3. The zero-order valence-electron chi connectivity index (χ0n) is 61.4. The molecule has 3 fully saturated rings. The Labute approximate surface area is 688 Å². The molecule has 0 unspecified atom stereocenters. The fourth-order valence-electron chi connectivity index (χ4n) is 9.97. The van der Waals surface area contributed by atoms with Gasteiger partial charge in [0, 0.05) is 131 Å². The average Bonchev–Trinajstić information content (AvgIpc) is 1.64. The topological polar surface area (TPSA) is 382 Å². The van der Waals surface area contributed by atoms with E-state index in [1.165, 1.54) is 38.4 Å². The Kier molecular flexibility index (Phi) is 33.0. The van der Waals surface area contributed by atoms with Gasteiger partial charge < -0.3 is 70.3 Å². The number of nitrogen functional groups attached to an aromatic ring is 1. The molecule has 3 aliphatic heterocycles. The van der Waals surface area contributed by atoms with Crippen molar-refractivity contribution in [2.75, 3.05) is 130 Å². The van der Waals surface area contributed by atoms with Crippen LogP contribution >= 0.6 is 81.2 Å². The first-order chi connectivity index (χ1) is 55.3. The number of anilines is 9. The fourth-order valence-corrected chi connectivity index (χ4v) is 11.1. The number of rotatable bonds is 19. The SMILES string of the molecule is C1COCCN1.CCOC(=O)c1ccn(-c2nc(Cl)cc(Cl)n2)n1.CCOC(=O)c1ccn(-c2nc(Cl)cc(Nc3ccc(Cl)cc3)n2)n1.CCOC(=O)c1ccn(-c2nc(Nc3ccc(Cl)cc3)cc(N3CCOCC3)n2)n1.Nc1ccc(Cl)cc1.OCc1ccn(-c2nc(Nc3ccc(Cl)cc3)cc(N3CCOCC3)n2)n1. The van der Waals surface area contributed by atoms with Crippen molar-refractivity contribution in [3.8, 4) is 23.8 Å². The largest absolute Gasteiger partial charge is 0.461 e. The highest BCUT2D eigenvalue weighted by molar-refractivity contribution is 6.33. The molecule has 33 nitrogen and oxygen atoms in total. The van der Waals surface area contributed by atoms with Gasteiger partial charge in [-0.05, 0) is 142 Å². The van der Waals surface area contributed by atoms with E-state index in [9.17, 15) is 19.5 Å². The summed E-state index contributed by atoms with van der Waals surface area (Å²) in [6.45, 7) is 15.3. The number of halogens is 7. The number of carbonyl (C=O) groups excluding carboxylic acids is 3. The highest BCUT2D eigenvalue weighted by Gasteiger charge is 2.22.